The van der Waals surface area contributed by atoms with Gasteiger partial charge in [0.25, 0.3) is 5.91 Å². The minimum atomic E-state index is -3.60. The minimum absolute atomic E-state index is 0.0728. The highest BCUT2D eigenvalue weighted by Gasteiger charge is 2.38. The highest BCUT2D eigenvalue weighted by Crippen LogP contribution is 2.28. The van der Waals surface area contributed by atoms with Crippen molar-refractivity contribution < 1.29 is 22.7 Å². The summed E-state index contributed by atoms with van der Waals surface area (Å²) in [5.41, 5.74) is 1.45. The van der Waals surface area contributed by atoms with Crippen LogP contribution in [0.25, 0.3) is 0 Å². The molecule has 0 aromatic heterocycles. The van der Waals surface area contributed by atoms with Crippen molar-refractivity contribution in [3.8, 4) is 5.75 Å². The van der Waals surface area contributed by atoms with Gasteiger partial charge >= 0.3 is 0 Å². The molecule has 0 unspecified atom stereocenters. The van der Waals surface area contributed by atoms with Crippen LogP contribution in [0.3, 0.4) is 0 Å². The third-order valence-corrected chi connectivity index (χ3v) is 9.11. The Morgan fingerprint density at radius 3 is 2.11 bits per heavy atom. The average molecular weight is 514 g/mol. The zero-order chi connectivity index (χ0) is 25.7. The molecular weight excluding hydrogens is 478 g/mol. The van der Waals surface area contributed by atoms with Crippen LogP contribution < -0.4 is 10.1 Å². The summed E-state index contributed by atoms with van der Waals surface area (Å²) in [4.78, 5) is 28.8. The van der Waals surface area contributed by atoms with E-state index in [0.717, 1.165) is 24.8 Å². The van der Waals surface area contributed by atoms with Gasteiger partial charge in [-0.2, -0.15) is 4.31 Å². The van der Waals surface area contributed by atoms with Crippen LogP contribution in [0.4, 0.5) is 0 Å². The Bertz CT molecular complexity index is 1150. The van der Waals surface area contributed by atoms with E-state index < -0.39 is 16.1 Å². The zero-order valence-electron chi connectivity index (χ0n) is 21.0. The van der Waals surface area contributed by atoms with E-state index in [1.165, 1.54) is 4.31 Å². The Morgan fingerprint density at radius 2 is 1.53 bits per heavy atom. The molecule has 2 aromatic rings. The summed E-state index contributed by atoms with van der Waals surface area (Å²) in [5.74, 6) is 0.111. The van der Waals surface area contributed by atoms with Crippen molar-refractivity contribution in [3.63, 3.8) is 0 Å². The van der Waals surface area contributed by atoms with Gasteiger partial charge in [-0.15, -0.1) is 0 Å². The fourth-order valence-electron chi connectivity index (χ4n) is 4.97. The second kappa shape index (κ2) is 11.4. The number of methoxy groups -OCH3 is 1. The van der Waals surface area contributed by atoms with Crippen molar-refractivity contribution in [2.24, 2.45) is 5.92 Å². The monoisotopic (exact) mass is 513 g/mol. The standard InChI is InChI=1S/C27H35N3O5S/c1-20-6-12-24(13-7-20)36(33,34)30-18-14-21(15-19-30)25(27(32)29-16-4-3-5-17-29)28-26(31)22-8-10-23(35-2)11-9-22/h6-13,21,25H,3-5,14-19H2,1-2H3,(H,28,31)/t25-/m1/s1. The Kier molecular flexibility index (Phi) is 8.31. The molecule has 2 fully saturated rings. The average Bonchev–Trinajstić information content (AvgIpc) is 2.92. The van der Waals surface area contributed by atoms with Gasteiger partial charge in [0.15, 0.2) is 0 Å². The summed E-state index contributed by atoms with van der Waals surface area (Å²) >= 11 is 0. The van der Waals surface area contributed by atoms with Crippen LogP contribution in [-0.4, -0.2) is 68.8 Å². The third-order valence-electron chi connectivity index (χ3n) is 7.20. The van der Waals surface area contributed by atoms with Crippen molar-refractivity contribution in [1.29, 1.82) is 0 Å². The molecule has 2 aliphatic heterocycles. The van der Waals surface area contributed by atoms with Crippen LogP contribution >= 0.6 is 0 Å². The maximum Gasteiger partial charge on any atom is 0.251 e. The van der Waals surface area contributed by atoms with E-state index in [1.54, 1.807) is 55.6 Å². The lowest BCUT2D eigenvalue weighted by Crippen LogP contribution is -2.55. The summed E-state index contributed by atoms with van der Waals surface area (Å²) in [6, 6.07) is 12.9. The number of piperidine rings is 2. The number of carbonyl (C=O) groups excluding carboxylic acids is 2. The van der Waals surface area contributed by atoms with Gasteiger partial charge in [0.1, 0.15) is 11.8 Å². The molecule has 9 heteroatoms. The molecule has 2 amide bonds. The lowest BCUT2D eigenvalue weighted by Gasteiger charge is -2.38. The fraction of sp³-hybridized carbons (Fsp3) is 0.481. The lowest BCUT2D eigenvalue weighted by atomic mass is 9.88. The van der Waals surface area contributed by atoms with Crippen LogP contribution in [0.5, 0.6) is 5.75 Å². The lowest BCUT2D eigenvalue weighted by molar-refractivity contribution is -0.135. The molecule has 2 saturated heterocycles. The van der Waals surface area contributed by atoms with Crippen molar-refractivity contribution in [3.05, 3.63) is 59.7 Å². The number of nitrogens with zero attached hydrogens (tertiary/aromatic N) is 2. The van der Waals surface area contributed by atoms with Crippen molar-refractivity contribution in [2.45, 2.75) is 50.0 Å². The molecule has 36 heavy (non-hydrogen) atoms. The number of aryl methyl sites for hydroxylation is 1. The second-order valence-electron chi connectivity index (χ2n) is 9.62. The summed E-state index contributed by atoms with van der Waals surface area (Å²) in [7, 11) is -2.04. The van der Waals surface area contributed by atoms with Crippen molar-refractivity contribution in [2.75, 3.05) is 33.3 Å². The number of ether oxygens (including phenoxy) is 1. The molecule has 0 saturated carbocycles. The van der Waals surface area contributed by atoms with E-state index in [2.05, 4.69) is 5.32 Å². The smallest absolute Gasteiger partial charge is 0.251 e. The molecule has 1 atom stereocenters. The first kappa shape index (κ1) is 26.2. The van der Waals surface area contributed by atoms with Crippen LogP contribution in [0.1, 0.15) is 48.0 Å². The van der Waals surface area contributed by atoms with E-state index >= 15 is 0 Å². The number of carbonyl (C=O) groups is 2. The number of amides is 2. The molecule has 0 bridgehead atoms. The van der Waals surface area contributed by atoms with Gasteiger partial charge in [-0.05, 0) is 81.3 Å². The maximum atomic E-state index is 13.6. The van der Waals surface area contributed by atoms with E-state index in [0.29, 0.717) is 50.3 Å². The van der Waals surface area contributed by atoms with Crippen LogP contribution in [0.2, 0.25) is 0 Å². The number of rotatable bonds is 7. The Balaban J connectivity index is 1.49. The highest BCUT2D eigenvalue weighted by molar-refractivity contribution is 7.89. The molecule has 8 nitrogen and oxygen atoms in total. The number of sulfonamides is 1. The van der Waals surface area contributed by atoms with Gasteiger partial charge in [0.05, 0.1) is 12.0 Å². The first-order valence-electron chi connectivity index (χ1n) is 12.6. The number of hydrogen-bond donors (Lipinski definition) is 1. The molecule has 0 radical (unpaired) electrons. The van der Waals surface area contributed by atoms with Gasteiger partial charge in [-0.25, -0.2) is 8.42 Å². The quantitative estimate of drug-likeness (QED) is 0.613. The van der Waals surface area contributed by atoms with Crippen molar-refractivity contribution in [1.82, 2.24) is 14.5 Å². The number of likely N-dealkylation sites (tertiary alicyclic amines) is 1. The van der Waals surface area contributed by atoms with Gasteiger partial charge in [0, 0.05) is 31.7 Å². The van der Waals surface area contributed by atoms with Crippen LogP contribution in [0, 0.1) is 12.8 Å². The Morgan fingerprint density at radius 1 is 0.917 bits per heavy atom. The predicted octanol–water partition coefficient (Wildman–Crippen LogP) is 3.22. The fourth-order valence-corrected chi connectivity index (χ4v) is 6.44. The van der Waals surface area contributed by atoms with Gasteiger partial charge < -0.3 is 15.0 Å². The summed E-state index contributed by atoms with van der Waals surface area (Å²) in [6.45, 7) is 3.91. The van der Waals surface area contributed by atoms with Gasteiger partial charge in [-0.1, -0.05) is 17.7 Å². The summed E-state index contributed by atoms with van der Waals surface area (Å²) in [5, 5.41) is 2.99. The summed E-state index contributed by atoms with van der Waals surface area (Å²) in [6.07, 6.45) is 4.01. The largest absolute Gasteiger partial charge is 0.497 e. The normalized spacial score (nSPS) is 18.4. The van der Waals surface area contributed by atoms with Crippen molar-refractivity contribution >= 4 is 21.8 Å². The molecule has 1 N–H and O–H groups in total. The van der Waals surface area contributed by atoms with E-state index in [9.17, 15) is 18.0 Å². The Labute approximate surface area is 213 Å². The Hall–Kier alpha value is -2.91. The van der Waals surface area contributed by atoms with E-state index in [-0.39, 0.29) is 22.6 Å². The molecule has 194 valence electrons. The molecule has 4 rings (SSSR count). The first-order valence-corrected chi connectivity index (χ1v) is 14.0. The van der Waals surface area contributed by atoms with Crippen LogP contribution in [-0.2, 0) is 14.8 Å². The zero-order valence-corrected chi connectivity index (χ0v) is 21.8. The third kappa shape index (κ3) is 5.90. The maximum absolute atomic E-state index is 13.6. The van der Waals surface area contributed by atoms with E-state index in [4.69, 9.17) is 4.74 Å². The van der Waals surface area contributed by atoms with Gasteiger partial charge in [-0.3, -0.25) is 9.59 Å². The molecule has 2 aliphatic rings. The van der Waals surface area contributed by atoms with Crippen LogP contribution in [0.15, 0.2) is 53.4 Å². The predicted molar refractivity (Wildman–Crippen MR) is 137 cm³/mol. The topological polar surface area (TPSA) is 96.0 Å². The number of hydrogen-bond acceptors (Lipinski definition) is 5. The SMILES string of the molecule is COc1ccc(C(=O)N[C@@H](C(=O)N2CCCCC2)C2CCN(S(=O)(=O)c3ccc(C)cc3)CC2)cc1. The van der Waals surface area contributed by atoms with E-state index in [1.807, 2.05) is 11.8 Å². The molecule has 2 heterocycles. The second-order valence-corrected chi connectivity index (χ2v) is 11.6. The molecule has 2 aromatic carbocycles. The number of benzene rings is 2. The molecule has 0 spiro atoms. The summed E-state index contributed by atoms with van der Waals surface area (Å²) < 4.78 is 32.9. The highest BCUT2D eigenvalue weighted by atomic mass is 32.2. The minimum Gasteiger partial charge on any atom is -0.497 e. The molecular formula is C27H35N3O5S. The van der Waals surface area contributed by atoms with Gasteiger partial charge in [0.2, 0.25) is 15.9 Å². The number of nitrogens with one attached hydrogen (secondary N) is 1. The first-order chi connectivity index (χ1) is 17.3. The molecule has 0 aliphatic carbocycles.